The van der Waals surface area contributed by atoms with Crippen LogP contribution in [0.1, 0.15) is 5.69 Å². The largest absolute Gasteiger partial charge is 0.431 e. The number of aryl methyl sites for hydroxylation is 1. The molecule has 0 aliphatic rings. The van der Waals surface area contributed by atoms with Crippen LogP contribution in [-0.4, -0.2) is 21.6 Å². The minimum Gasteiger partial charge on any atom is -0.431 e. The molecule has 0 saturated carbocycles. The number of hydrogen-bond donors (Lipinski definition) is 1. The maximum Gasteiger partial charge on any atom is 0.257 e. The fraction of sp³-hybridized carbons (Fsp3) is 0.0741. The first-order chi connectivity index (χ1) is 16.2. The van der Waals surface area contributed by atoms with Gasteiger partial charge in [0.2, 0.25) is 5.91 Å². The quantitative estimate of drug-likeness (QED) is 0.295. The molecule has 5 aromatic rings. The molecule has 0 aliphatic carbocycles. The Kier molecular flexibility index (Phi) is 5.91. The lowest BCUT2D eigenvalue weighted by Crippen LogP contribution is -2.14. The van der Waals surface area contributed by atoms with Gasteiger partial charge in [-0.15, -0.1) is 0 Å². The van der Waals surface area contributed by atoms with Gasteiger partial charge < -0.3 is 9.73 Å². The number of thioether (sulfide) groups is 1. The van der Waals surface area contributed by atoms with Gasteiger partial charge in [0.1, 0.15) is 5.69 Å². The lowest BCUT2D eigenvalue weighted by atomic mass is 10.1. The van der Waals surface area contributed by atoms with Crippen LogP contribution in [0.2, 0.25) is 0 Å². The van der Waals surface area contributed by atoms with Gasteiger partial charge in [-0.25, -0.2) is 4.98 Å². The van der Waals surface area contributed by atoms with Gasteiger partial charge in [-0.05, 0) is 19.1 Å². The standard InChI is InChI=1S/C27H21N3O2S/c1-18-16-23(21-14-8-9-15-22(21)28-18)29-24(31)17-33-27-30-25(19-10-4-2-5-11-19)26(32-27)20-12-6-3-7-13-20/h2-16H,17H2,1H3,(H,28,29,31). The molecule has 5 rings (SSSR count). The Morgan fingerprint density at radius 2 is 1.55 bits per heavy atom. The lowest BCUT2D eigenvalue weighted by molar-refractivity contribution is -0.113. The number of aromatic nitrogens is 2. The molecule has 0 saturated heterocycles. The van der Waals surface area contributed by atoms with Gasteiger partial charge in [-0.2, -0.15) is 0 Å². The summed E-state index contributed by atoms with van der Waals surface area (Å²) < 4.78 is 6.11. The highest BCUT2D eigenvalue weighted by Gasteiger charge is 2.18. The number of oxazole rings is 1. The number of para-hydroxylation sites is 1. The average Bonchev–Trinajstić information content (AvgIpc) is 3.28. The molecule has 3 aromatic carbocycles. The number of carbonyl (C=O) groups is 1. The summed E-state index contributed by atoms with van der Waals surface area (Å²) in [5.41, 5.74) is 5.14. The Morgan fingerprint density at radius 1 is 0.879 bits per heavy atom. The third-order valence-corrected chi connectivity index (χ3v) is 5.96. The number of benzene rings is 3. The van der Waals surface area contributed by atoms with E-state index in [-0.39, 0.29) is 11.7 Å². The topological polar surface area (TPSA) is 68.0 Å². The van der Waals surface area contributed by atoms with Crippen LogP contribution in [-0.2, 0) is 4.79 Å². The zero-order valence-electron chi connectivity index (χ0n) is 18.0. The smallest absolute Gasteiger partial charge is 0.257 e. The lowest BCUT2D eigenvalue weighted by Gasteiger charge is -2.09. The maximum atomic E-state index is 12.8. The van der Waals surface area contributed by atoms with Crippen LogP contribution in [0.15, 0.2) is 101 Å². The van der Waals surface area contributed by atoms with E-state index in [0.29, 0.717) is 11.0 Å². The molecule has 6 heteroatoms. The number of amides is 1. The van der Waals surface area contributed by atoms with E-state index in [2.05, 4.69) is 10.3 Å². The number of nitrogens with zero attached hydrogens (tertiary/aromatic N) is 2. The highest BCUT2D eigenvalue weighted by molar-refractivity contribution is 7.99. The number of nitrogens with one attached hydrogen (secondary N) is 1. The van der Waals surface area contributed by atoms with Gasteiger partial charge in [-0.3, -0.25) is 9.78 Å². The fourth-order valence-corrected chi connectivity index (χ4v) is 4.29. The van der Waals surface area contributed by atoms with Gasteiger partial charge in [0.05, 0.1) is 17.0 Å². The van der Waals surface area contributed by atoms with Gasteiger partial charge >= 0.3 is 0 Å². The normalized spacial score (nSPS) is 10.9. The van der Waals surface area contributed by atoms with Crippen molar-refractivity contribution in [3.63, 3.8) is 0 Å². The summed E-state index contributed by atoms with van der Waals surface area (Å²) in [6, 6.07) is 29.5. The van der Waals surface area contributed by atoms with Gasteiger partial charge in [0.25, 0.3) is 5.22 Å². The highest BCUT2D eigenvalue weighted by atomic mass is 32.2. The van der Waals surface area contributed by atoms with Crippen molar-refractivity contribution >= 4 is 34.3 Å². The van der Waals surface area contributed by atoms with E-state index in [0.717, 1.165) is 39.1 Å². The molecule has 5 nitrogen and oxygen atoms in total. The van der Waals surface area contributed by atoms with E-state index < -0.39 is 0 Å². The molecule has 33 heavy (non-hydrogen) atoms. The van der Waals surface area contributed by atoms with Crippen LogP contribution in [0.5, 0.6) is 0 Å². The molecule has 0 unspecified atom stereocenters. The number of anilines is 1. The van der Waals surface area contributed by atoms with Crippen molar-refractivity contribution in [2.24, 2.45) is 0 Å². The SMILES string of the molecule is Cc1cc(NC(=O)CSc2nc(-c3ccccc3)c(-c3ccccc3)o2)c2ccccc2n1. The van der Waals surface area contributed by atoms with Crippen molar-refractivity contribution in [3.05, 3.63) is 96.7 Å². The Bertz CT molecular complexity index is 1360. The van der Waals surface area contributed by atoms with E-state index in [1.165, 1.54) is 11.8 Å². The van der Waals surface area contributed by atoms with Crippen LogP contribution >= 0.6 is 11.8 Å². The Balaban J connectivity index is 1.37. The Hall–Kier alpha value is -3.90. The Labute approximate surface area is 195 Å². The zero-order chi connectivity index (χ0) is 22.6. The molecule has 0 radical (unpaired) electrons. The summed E-state index contributed by atoms with van der Waals surface area (Å²) in [5.74, 6) is 0.746. The van der Waals surface area contributed by atoms with E-state index in [9.17, 15) is 4.79 Å². The van der Waals surface area contributed by atoms with Crippen molar-refractivity contribution in [1.82, 2.24) is 9.97 Å². The summed E-state index contributed by atoms with van der Waals surface area (Å²) in [7, 11) is 0. The van der Waals surface area contributed by atoms with E-state index in [1.54, 1.807) is 0 Å². The third-order valence-electron chi connectivity index (χ3n) is 5.14. The second-order valence-corrected chi connectivity index (χ2v) is 8.48. The van der Waals surface area contributed by atoms with Crippen molar-refractivity contribution < 1.29 is 9.21 Å². The third kappa shape index (κ3) is 4.66. The van der Waals surface area contributed by atoms with Crippen molar-refractivity contribution in [2.75, 3.05) is 11.1 Å². The van der Waals surface area contributed by atoms with Crippen LogP contribution in [0.4, 0.5) is 5.69 Å². The summed E-state index contributed by atoms with van der Waals surface area (Å²) in [6.45, 7) is 1.92. The molecule has 0 atom stereocenters. The minimum absolute atomic E-state index is 0.128. The molecule has 162 valence electrons. The van der Waals surface area contributed by atoms with E-state index in [1.807, 2.05) is 97.9 Å². The highest BCUT2D eigenvalue weighted by Crippen LogP contribution is 2.35. The molecule has 2 heterocycles. The number of pyridine rings is 1. The second-order valence-electron chi connectivity index (χ2n) is 7.55. The van der Waals surface area contributed by atoms with Gasteiger partial charge in [0.15, 0.2) is 5.76 Å². The van der Waals surface area contributed by atoms with E-state index in [4.69, 9.17) is 9.40 Å². The van der Waals surface area contributed by atoms with Crippen LogP contribution < -0.4 is 5.32 Å². The first-order valence-electron chi connectivity index (χ1n) is 10.6. The number of rotatable bonds is 6. The van der Waals surface area contributed by atoms with Crippen molar-refractivity contribution in [1.29, 1.82) is 0 Å². The average molecular weight is 452 g/mol. The first kappa shape index (κ1) is 21.0. The number of carbonyl (C=O) groups excluding carboxylic acids is 1. The minimum atomic E-state index is -0.128. The zero-order valence-corrected chi connectivity index (χ0v) is 18.8. The molecule has 0 bridgehead atoms. The van der Waals surface area contributed by atoms with Crippen LogP contribution in [0.3, 0.4) is 0 Å². The van der Waals surface area contributed by atoms with Gasteiger partial charge in [-0.1, -0.05) is 90.6 Å². The molecule has 0 fully saturated rings. The maximum absolute atomic E-state index is 12.8. The molecular formula is C27H21N3O2S. The summed E-state index contributed by atoms with van der Waals surface area (Å²) in [5, 5.41) is 4.38. The molecule has 0 spiro atoms. The molecular weight excluding hydrogens is 430 g/mol. The van der Waals surface area contributed by atoms with Crippen LogP contribution in [0.25, 0.3) is 33.5 Å². The first-order valence-corrected chi connectivity index (χ1v) is 11.6. The van der Waals surface area contributed by atoms with Gasteiger partial charge in [0, 0.05) is 22.2 Å². The number of fused-ring (bicyclic) bond motifs is 1. The predicted molar refractivity (Wildman–Crippen MR) is 133 cm³/mol. The van der Waals surface area contributed by atoms with Crippen LogP contribution in [0, 0.1) is 6.92 Å². The second kappa shape index (κ2) is 9.30. The van der Waals surface area contributed by atoms with E-state index >= 15 is 0 Å². The molecule has 2 aromatic heterocycles. The summed E-state index contributed by atoms with van der Waals surface area (Å²) in [4.78, 5) is 22.0. The predicted octanol–water partition coefficient (Wildman–Crippen LogP) is 6.60. The summed E-state index contributed by atoms with van der Waals surface area (Å²) in [6.07, 6.45) is 0. The molecule has 1 N–H and O–H groups in total. The fourth-order valence-electron chi connectivity index (χ4n) is 3.66. The van der Waals surface area contributed by atoms with Crippen molar-refractivity contribution in [3.8, 4) is 22.6 Å². The number of hydrogen-bond acceptors (Lipinski definition) is 5. The molecule has 1 amide bonds. The summed E-state index contributed by atoms with van der Waals surface area (Å²) >= 11 is 1.28. The monoisotopic (exact) mass is 451 g/mol. The van der Waals surface area contributed by atoms with Crippen molar-refractivity contribution in [2.45, 2.75) is 12.1 Å². The molecule has 0 aliphatic heterocycles. The Morgan fingerprint density at radius 3 is 2.30 bits per heavy atom.